The molecule has 0 atom stereocenters. The van der Waals surface area contributed by atoms with Crippen LogP contribution in [0.1, 0.15) is 51.4 Å². The van der Waals surface area contributed by atoms with Gasteiger partial charge in [-0.25, -0.2) is 0 Å². The van der Waals surface area contributed by atoms with E-state index >= 15 is 0 Å². The van der Waals surface area contributed by atoms with E-state index in [1.54, 1.807) is 0 Å². The van der Waals surface area contributed by atoms with Gasteiger partial charge in [-0.3, -0.25) is 4.79 Å². The summed E-state index contributed by atoms with van der Waals surface area (Å²) >= 11 is 0. The maximum absolute atomic E-state index is 11.6. The molecule has 0 bridgehead atoms. The van der Waals surface area contributed by atoms with Crippen molar-refractivity contribution in [1.29, 1.82) is 0 Å². The Hall–Kier alpha value is -0.790. The van der Waals surface area contributed by atoms with Crippen molar-refractivity contribution in [3.05, 3.63) is 12.7 Å². The minimum absolute atomic E-state index is 0.226. The van der Waals surface area contributed by atoms with Gasteiger partial charge in [-0.2, -0.15) is 0 Å². The zero-order chi connectivity index (χ0) is 10.9. The minimum atomic E-state index is 0.226. The molecule has 2 nitrogen and oxygen atoms in total. The van der Waals surface area contributed by atoms with Crippen molar-refractivity contribution in [1.82, 2.24) is 5.32 Å². The Balaban J connectivity index is 2.14. The number of hydrogen-bond donors (Lipinski definition) is 1. The van der Waals surface area contributed by atoms with Crippen molar-refractivity contribution in [2.75, 3.05) is 6.54 Å². The van der Waals surface area contributed by atoms with Crippen LogP contribution in [-0.2, 0) is 4.79 Å². The molecule has 1 rings (SSSR count). The van der Waals surface area contributed by atoms with E-state index in [1.165, 1.54) is 38.5 Å². The lowest BCUT2D eigenvalue weighted by molar-refractivity contribution is -0.122. The lowest BCUT2D eigenvalue weighted by Crippen LogP contribution is -2.26. The standard InChI is InChI=1S/C13H23NO/c1-2-3-10-14-13(15)11-12-8-6-4-5-7-9-12/h2,12H,1,3-11H2,(H,14,15). The molecule has 1 N–H and O–H groups in total. The molecule has 1 aliphatic rings. The van der Waals surface area contributed by atoms with E-state index in [0.29, 0.717) is 5.92 Å². The van der Waals surface area contributed by atoms with Gasteiger partial charge in [-0.1, -0.05) is 31.8 Å². The van der Waals surface area contributed by atoms with E-state index in [1.807, 2.05) is 6.08 Å². The van der Waals surface area contributed by atoms with E-state index in [-0.39, 0.29) is 5.91 Å². The van der Waals surface area contributed by atoms with E-state index in [2.05, 4.69) is 11.9 Å². The van der Waals surface area contributed by atoms with Crippen molar-refractivity contribution in [3.63, 3.8) is 0 Å². The number of carbonyl (C=O) groups is 1. The van der Waals surface area contributed by atoms with Crippen molar-refractivity contribution in [3.8, 4) is 0 Å². The third-order valence-electron chi connectivity index (χ3n) is 3.12. The van der Waals surface area contributed by atoms with Crippen LogP contribution < -0.4 is 5.32 Å². The third kappa shape index (κ3) is 5.60. The molecule has 0 aromatic rings. The summed E-state index contributed by atoms with van der Waals surface area (Å²) in [6.45, 7) is 4.38. The van der Waals surface area contributed by atoms with E-state index in [0.717, 1.165) is 19.4 Å². The highest BCUT2D eigenvalue weighted by atomic mass is 16.1. The third-order valence-corrected chi connectivity index (χ3v) is 3.12. The Morgan fingerprint density at radius 2 is 1.93 bits per heavy atom. The van der Waals surface area contributed by atoms with Gasteiger partial charge in [0.05, 0.1) is 0 Å². The average molecular weight is 209 g/mol. The van der Waals surface area contributed by atoms with Gasteiger partial charge in [-0.05, 0) is 25.2 Å². The van der Waals surface area contributed by atoms with Crippen molar-refractivity contribution in [2.45, 2.75) is 51.4 Å². The minimum Gasteiger partial charge on any atom is -0.356 e. The van der Waals surface area contributed by atoms with Crippen molar-refractivity contribution in [2.24, 2.45) is 5.92 Å². The first-order valence-corrected chi connectivity index (χ1v) is 6.20. The van der Waals surface area contributed by atoms with Crippen LogP contribution in [0.4, 0.5) is 0 Å². The van der Waals surface area contributed by atoms with Crippen LogP contribution in [0.25, 0.3) is 0 Å². The molecule has 0 aliphatic heterocycles. The highest BCUT2D eigenvalue weighted by Gasteiger charge is 2.15. The SMILES string of the molecule is C=CCCNC(=O)CC1CCCCCC1. The second-order valence-electron chi connectivity index (χ2n) is 4.49. The largest absolute Gasteiger partial charge is 0.356 e. The molecule has 0 aromatic carbocycles. The van der Waals surface area contributed by atoms with Gasteiger partial charge in [0, 0.05) is 13.0 Å². The predicted octanol–water partition coefficient (Wildman–Crippen LogP) is 3.04. The molecule has 2 heteroatoms. The van der Waals surface area contributed by atoms with E-state index < -0.39 is 0 Å². The lowest BCUT2D eigenvalue weighted by Gasteiger charge is -2.13. The summed E-state index contributed by atoms with van der Waals surface area (Å²) < 4.78 is 0. The van der Waals surface area contributed by atoms with E-state index in [9.17, 15) is 4.79 Å². The molecule has 1 amide bonds. The summed E-state index contributed by atoms with van der Waals surface area (Å²) in [6, 6.07) is 0. The fourth-order valence-electron chi connectivity index (χ4n) is 2.22. The Morgan fingerprint density at radius 1 is 1.27 bits per heavy atom. The molecule has 86 valence electrons. The summed E-state index contributed by atoms with van der Waals surface area (Å²) in [5.74, 6) is 0.861. The van der Waals surface area contributed by atoms with E-state index in [4.69, 9.17) is 0 Å². The maximum atomic E-state index is 11.6. The molecular formula is C13H23NO. The molecule has 0 heterocycles. The van der Waals surface area contributed by atoms with Gasteiger partial charge >= 0.3 is 0 Å². The average Bonchev–Trinajstić information content (AvgIpc) is 2.47. The quantitative estimate of drug-likeness (QED) is 0.421. The number of rotatable bonds is 5. The highest BCUT2D eigenvalue weighted by molar-refractivity contribution is 5.76. The topological polar surface area (TPSA) is 29.1 Å². The van der Waals surface area contributed by atoms with Crippen molar-refractivity contribution >= 4 is 5.91 Å². The number of nitrogens with one attached hydrogen (secondary N) is 1. The lowest BCUT2D eigenvalue weighted by atomic mass is 9.96. The molecule has 0 radical (unpaired) electrons. The van der Waals surface area contributed by atoms with Gasteiger partial charge in [-0.15, -0.1) is 6.58 Å². The molecule has 0 saturated heterocycles. The molecule has 1 aliphatic carbocycles. The smallest absolute Gasteiger partial charge is 0.220 e. The Kier molecular flexibility index (Phi) is 6.14. The van der Waals surface area contributed by atoms with Crippen LogP contribution in [0.15, 0.2) is 12.7 Å². The zero-order valence-corrected chi connectivity index (χ0v) is 9.63. The first-order chi connectivity index (χ1) is 7.33. The molecule has 1 saturated carbocycles. The first-order valence-electron chi connectivity index (χ1n) is 6.20. The number of hydrogen-bond acceptors (Lipinski definition) is 1. The number of amides is 1. The Bertz CT molecular complexity index is 193. The first kappa shape index (κ1) is 12.3. The van der Waals surface area contributed by atoms with Crippen LogP contribution in [0.5, 0.6) is 0 Å². The van der Waals surface area contributed by atoms with Crippen LogP contribution >= 0.6 is 0 Å². The predicted molar refractivity (Wildman–Crippen MR) is 63.6 cm³/mol. The summed E-state index contributed by atoms with van der Waals surface area (Å²) in [4.78, 5) is 11.6. The maximum Gasteiger partial charge on any atom is 0.220 e. The van der Waals surface area contributed by atoms with Crippen LogP contribution in [-0.4, -0.2) is 12.5 Å². The highest BCUT2D eigenvalue weighted by Crippen LogP contribution is 2.25. The van der Waals surface area contributed by atoms with Gasteiger partial charge in [0.1, 0.15) is 0 Å². The summed E-state index contributed by atoms with van der Waals surface area (Å²) in [6.07, 6.45) is 11.3. The summed E-state index contributed by atoms with van der Waals surface area (Å²) in [5, 5.41) is 2.94. The summed E-state index contributed by atoms with van der Waals surface area (Å²) in [7, 11) is 0. The molecule has 0 spiro atoms. The molecule has 1 fully saturated rings. The monoisotopic (exact) mass is 209 g/mol. The van der Waals surface area contributed by atoms with Gasteiger partial charge in [0.2, 0.25) is 5.91 Å². The molecular weight excluding hydrogens is 186 g/mol. The fraction of sp³-hybridized carbons (Fsp3) is 0.769. The van der Waals surface area contributed by atoms with Crippen LogP contribution in [0.2, 0.25) is 0 Å². The molecule has 15 heavy (non-hydrogen) atoms. The number of carbonyl (C=O) groups excluding carboxylic acids is 1. The molecule has 0 aromatic heterocycles. The second kappa shape index (κ2) is 7.49. The normalized spacial score (nSPS) is 18.1. The second-order valence-corrected chi connectivity index (χ2v) is 4.49. The summed E-state index contributed by atoms with van der Waals surface area (Å²) in [5.41, 5.74) is 0. The Morgan fingerprint density at radius 3 is 2.53 bits per heavy atom. The van der Waals surface area contributed by atoms with Crippen LogP contribution in [0, 0.1) is 5.92 Å². The van der Waals surface area contributed by atoms with Gasteiger partial charge in [0.15, 0.2) is 0 Å². The van der Waals surface area contributed by atoms with Crippen molar-refractivity contribution < 1.29 is 4.79 Å². The fourth-order valence-corrected chi connectivity index (χ4v) is 2.22. The van der Waals surface area contributed by atoms with Gasteiger partial charge in [0.25, 0.3) is 0 Å². The molecule has 0 unspecified atom stereocenters. The van der Waals surface area contributed by atoms with Crippen LogP contribution in [0.3, 0.4) is 0 Å². The zero-order valence-electron chi connectivity index (χ0n) is 9.63. The Labute approximate surface area is 93.1 Å². The van der Waals surface area contributed by atoms with Gasteiger partial charge < -0.3 is 5.32 Å².